The Bertz CT molecular complexity index is 683. The summed E-state index contributed by atoms with van der Waals surface area (Å²) in [6.07, 6.45) is 2.35. The van der Waals surface area contributed by atoms with Crippen LogP contribution in [0.4, 0.5) is 5.69 Å². The van der Waals surface area contributed by atoms with E-state index < -0.39 is 10.9 Å². The molecule has 0 heterocycles. The van der Waals surface area contributed by atoms with Crippen LogP contribution in [-0.4, -0.2) is 39.2 Å². The van der Waals surface area contributed by atoms with Crippen LogP contribution in [0.3, 0.4) is 0 Å². The second-order valence-corrected chi connectivity index (χ2v) is 5.64. The molecule has 4 N–H and O–H groups in total. The highest BCUT2D eigenvalue weighted by Crippen LogP contribution is 2.28. The third kappa shape index (κ3) is 5.28. The first-order valence-electron chi connectivity index (χ1n) is 7.92. The van der Waals surface area contributed by atoms with Crippen molar-refractivity contribution < 1.29 is 30.0 Å². The molecule has 0 saturated carbocycles. The summed E-state index contributed by atoms with van der Waals surface area (Å²) in [4.78, 5) is 13.6. The van der Waals surface area contributed by atoms with Gasteiger partial charge in [0.15, 0.2) is 0 Å². The normalized spacial score (nSPS) is 14.2. The zero-order valence-electron chi connectivity index (χ0n) is 15.1. The number of hydroxylamine groups is 2. The van der Waals surface area contributed by atoms with Crippen LogP contribution in [0.5, 0.6) is 5.75 Å². The van der Waals surface area contributed by atoms with Crippen molar-refractivity contribution >= 4 is 17.4 Å². The second kappa shape index (κ2) is 8.61. The maximum absolute atomic E-state index is 11.0. The second-order valence-electron chi connectivity index (χ2n) is 5.64. The lowest BCUT2D eigenvalue weighted by molar-refractivity contribution is -1.20. The summed E-state index contributed by atoms with van der Waals surface area (Å²) < 4.78 is 5.12. The number of aromatic carboxylic acids is 1. The highest BCUT2D eigenvalue weighted by Gasteiger charge is 2.32. The highest BCUT2D eigenvalue weighted by atomic mass is 16.9. The monoisotopic (exact) mass is 352 g/mol. The quantitative estimate of drug-likeness (QED) is 0.323. The Hall–Kier alpha value is -2.42. The molecule has 0 bridgehead atoms. The molecule has 0 aliphatic rings. The number of benzene rings is 1. The molecule has 1 aromatic rings. The van der Waals surface area contributed by atoms with E-state index in [-0.39, 0.29) is 28.7 Å². The Balaban J connectivity index is 3.16. The molecular formula is C17H26N3O5+. The molecule has 1 aromatic carbocycles. The smallest absolute Gasteiger partial charge is 0.335 e. The molecule has 0 fully saturated rings. The highest BCUT2D eigenvalue weighted by molar-refractivity contribution is 5.89. The van der Waals surface area contributed by atoms with Gasteiger partial charge in [0.1, 0.15) is 11.4 Å². The van der Waals surface area contributed by atoms with E-state index >= 15 is 0 Å². The summed E-state index contributed by atoms with van der Waals surface area (Å²) in [6.45, 7) is 7.47. The molecule has 0 radical (unpaired) electrons. The van der Waals surface area contributed by atoms with Crippen molar-refractivity contribution in [2.24, 2.45) is 10.9 Å². The van der Waals surface area contributed by atoms with Gasteiger partial charge in [0.25, 0.3) is 0 Å². The SMILES string of the molecule is C/C=C(\N=C(\C)C(C)CC)[N+](O)(O)Nc1ccc(C(=O)O)cc1OC. The number of anilines is 1. The van der Waals surface area contributed by atoms with Gasteiger partial charge in [-0.3, -0.25) is 0 Å². The summed E-state index contributed by atoms with van der Waals surface area (Å²) >= 11 is 0. The molecule has 8 heteroatoms. The largest absolute Gasteiger partial charge is 0.494 e. The Kier molecular flexibility index (Phi) is 7.10. The maximum Gasteiger partial charge on any atom is 0.335 e. The minimum absolute atomic E-state index is 0.0215. The lowest BCUT2D eigenvalue weighted by Gasteiger charge is -2.23. The minimum Gasteiger partial charge on any atom is -0.494 e. The summed E-state index contributed by atoms with van der Waals surface area (Å²) in [5, 5.41) is 29.8. The Morgan fingerprint density at radius 3 is 2.56 bits per heavy atom. The van der Waals surface area contributed by atoms with Gasteiger partial charge in [0.2, 0.25) is 0 Å². The van der Waals surface area contributed by atoms with Crippen LogP contribution in [0.1, 0.15) is 44.5 Å². The third-order valence-electron chi connectivity index (χ3n) is 3.92. The fourth-order valence-corrected chi connectivity index (χ4v) is 2.04. The lowest BCUT2D eigenvalue weighted by Crippen LogP contribution is -2.45. The van der Waals surface area contributed by atoms with Crippen molar-refractivity contribution in [2.75, 3.05) is 12.5 Å². The summed E-state index contributed by atoms with van der Waals surface area (Å²) in [5.41, 5.74) is 3.46. The number of rotatable bonds is 8. The van der Waals surface area contributed by atoms with Gasteiger partial charge in [-0.1, -0.05) is 13.8 Å². The third-order valence-corrected chi connectivity index (χ3v) is 3.92. The van der Waals surface area contributed by atoms with Gasteiger partial charge >= 0.3 is 11.8 Å². The summed E-state index contributed by atoms with van der Waals surface area (Å²) in [6, 6.07) is 4.00. The van der Waals surface area contributed by atoms with Gasteiger partial charge < -0.3 is 9.84 Å². The zero-order valence-corrected chi connectivity index (χ0v) is 15.1. The summed E-state index contributed by atoms with van der Waals surface area (Å²) in [7, 11) is 1.36. The van der Waals surface area contributed by atoms with Crippen LogP contribution in [0.25, 0.3) is 0 Å². The molecule has 0 spiro atoms. The van der Waals surface area contributed by atoms with E-state index in [1.165, 1.54) is 31.4 Å². The zero-order chi connectivity index (χ0) is 19.2. The molecule has 0 aliphatic carbocycles. The predicted octanol–water partition coefficient (Wildman–Crippen LogP) is 3.68. The molecule has 1 rings (SSSR count). The average molecular weight is 352 g/mol. The number of carboxylic acid groups (broad SMARTS) is 1. The first-order valence-corrected chi connectivity index (χ1v) is 7.92. The molecule has 0 aliphatic heterocycles. The number of carboxylic acids is 1. The molecule has 25 heavy (non-hydrogen) atoms. The fourth-order valence-electron chi connectivity index (χ4n) is 2.04. The lowest BCUT2D eigenvalue weighted by atomic mass is 10.0. The number of carbonyl (C=O) groups is 1. The predicted molar refractivity (Wildman–Crippen MR) is 93.7 cm³/mol. The number of aliphatic imine (C=N–C) groups is 1. The minimum atomic E-state index is -1.70. The summed E-state index contributed by atoms with van der Waals surface area (Å²) in [5.74, 6) is -0.786. The first-order chi connectivity index (χ1) is 11.7. The molecule has 1 unspecified atom stereocenters. The molecule has 0 aromatic heterocycles. The number of hydrogen-bond donors (Lipinski definition) is 4. The van der Waals surface area contributed by atoms with Crippen molar-refractivity contribution in [3.8, 4) is 5.75 Å². The van der Waals surface area contributed by atoms with Crippen molar-refractivity contribution in [1.29, 1.82) is 0 Å². The van der Waals surface area contributed by atoms with Gasteiger partial charge in [-0.05, 0) is 44.4 Å². The number of hydrogen-bond acceptors (Lipinski definition) is 6. The first kappa shape index (κ1) is 20.6. The van der Waals surface area contributed by atoms with Gasteiger partial charge in [-0.15, -0.1) is 10.4 Å². The average Bonchev–Trinajstić information content (AvgIpc) is 2.58. The molecule has 138 valence electrons. The van der Waals surface area contributed by atoms with Crippen LogP contribution in [0.2, 0.25) is 0 Å². The molecule has 0 saturated heterocycles. The number of nitrogens with zero attached hydrogens (tertiary/aromatic N) is 2. The van der Waals surface area contributed by atoms with E-state index in [0.29, 0.717) is 0 Å². The van der Waals surface area contributed by atoms with E-state index in [2.05, 4.69) is 10.4 Å². The Morgan fingerprint density at radius 1 is 1.44 bits per heavy atom. The van der Waals surface area contributed by atoms with Crippen LogP contribution >= 0.6 is 0 Å². The van der Waals surface area contributed by atoms with Crippen molar-refractivity contribution in [3.63, 3.8) is 0 Å². The van der Waals surface area contributed by atoms with E-state index in [1.807, 2.05) is 20.8 Å². The molecule has 0 amide bonds. The standard InChI is InChI=1S/C17H25N3O5/c1-6-11(3)12(4)18-16(7-2)20(23,24)19-14-9-8-13(17(21)22)10-15(14)25-5/h7-11,19,23-24H,6H2,1-5H3/p+1/b16-7+,18-12-. The topological polar surface area (TPSA) is 111 Å². The van der Waals surface area contributed by atoms with Crippen molar-refractivity contribution in [1.82, 2.24) is 0 Å². The number of quaternary nitrogens is 1. The van der Waals surface area contributed by atoms with Crippen LogP contribution in [0.15, 0.2) is 35.1 Å². The van der Waals surface area contributed by atoms with Crippen LogP contribution in [0, 0.1) is 5.92 Å². The Labute approximate surface area is 147 Å². The molecular weight excluding hydrogens is 326 g/mol. The number of nitrogens with one attached hydrogen (secondary N) is 1. The van der Waals surface area contributed by atoms with Crippen molar-refractivity contribution in [3.05, 3.63) is 35.7 Å². The van der Waals surface area contributed by atoms with E-state index in [4.69, 9.17) is 9.84 Å². The fraction of sp³-hybridized carbons (Fsp3) is 0.412. The number of allylic oxidation sites excluding steroid dienone is 1. The molecule has 1 atom stereocenters. The number of methoxy groups -OCH3 is 1. The van der Waals surface area contributed by atoms with E-state index in [0.717, 1.165) is 12.1 Å². The van der Waals surface area contributed by atoms with Gasteiger partial charge in [0, 0.05) is 11.8 Å². The Morgan fingerprint density at radius 2 is 2.08 bits per heavy atom. The van der Waals surface area contributed by atoms with Crippen molar-refractivity contribution in [2.45, 2.75) is 34.1 Å². The van der Waals surface area contributed by atoms with Gasteiger partial charge in [0.05, 0.1) is 17.6 Å². The van der Waals surface area contributed by atoms with Crippen LogP contribution < -0.4 is 10.2 Å². The van der Waals surface area contributed by atoms with Crippen LogP contribution in [-0.2, 0) is 0 Å². The van der Waals surface area contributed by atoms with E-state index in [1.54, 1.807) is 6.92 Å². The van der Waals surface area contributed by atoms with E-state index in [9.17, 15) is 15.2 Å². The maximum atomic E-state index is 11.0. The number of ether oxygens (including phenoxy) is 1. The van der Waals surface area contributed by atoms with Gasteiger partial charge in [-0.25, -0.2) is 4.79 Å². The molecule has 8 nitrogen and oxygen atoms in total. The van der Waals surface area contributed by atoms with Gasteiger partial charge in [-0.2, -0.15) is 10.4 Å².